The van der Waals surface area contributed by atoms with E-state index in [4.69, 9.17) is 10.5 Å². The minimum Gasteiger partial charge on any atom is -0.375 e. The zero-order valence-corrected chi connectivity index (χ0v) is 12.5. The Labute approximate surface area is 120 Å². The summed E-state index contributed by atoms with van der Waals surface area (Å²) in [5, 5.41) is 2.71. The first-order valence-corrected chi connectivity index (χ1v) is 6.28. The van der Waals surface area contributed by atoms with Crippen LogP contribution in [0.15, 0.2) is 0 Å². The second-order valence-corrected chi connectivity index (χ2v) is 5.06. The molecule has 2 atom stereocenters. The third-order valence-corrected chi connectivity index (χ3v) is 3.06. The Morgan fingerprint density at radius 3 is 2.53 bits per heavy atom. The summed E-state index contributed by atoms with van der Waals surface area (Å²) in [5.74, 6) is -0.287. The summed E-state index contributed by atoms with van der Waals surface area (Å²) in [6.45, 7) is 5.03. The first-order valence-electron chi connectivity index (χ1n) is 6.28. The molecule has 0 aromatic carbocycles. The minimum absolute atomic E-state index is 0. The number of amides is 2. The minimum atomic E-state index is -0.502. The predicted molar refractivity (Wildman–Crippen MR) is 75.1 cm³/mol. The lowest BCUT2D eigenvalue weighted by atomic mass is 10.0. The van der Waals surface area contributed by atoms with Crippen LogP contribution in [0, 0.1) is 5.92 Å². The lowest BCUT2D eigenvalue weighted by Gasteiger charge is -2.26. The number of carbonyl (C=O) groups is 2. The van der Waals surface area contributed by atoms with E-state index < -0.39 is 6.04 Å². The number of halogens is 1. The molecule has 0 unspecified atom stereocenters. The van der Waals surface area contributed by atoms with Gasteiger partial charge >= 0.3 is 0 Å². The monoisotopic (exact) mass is 293 g/mol. The molecule has 0 radical (unpaired) electrons. The van der Waals surface area contributed by atoms with E-state index in [1.54, 1.807) is 4.90 Å². The second kappa shape index (κ2) is 8.35. The number of hydrogen-bond donors (Lipinski definition) is 2. The van der Waals surface area contributed by atoms with Crippen molar-refractivity contribution in [1.29, 1.82) is 0 Å². The number of nitrogens with two attached hydrogens (primary N) is 1. The van der Waals surface area contributed by atoms with E-state index in [9.17, 15) is 9.59 Å². The molecule has 112 valence electrons. The van der Waals surface area contributed by atoms with Crippen molar-refractivity contribution in [2.24, 2.45) is 11.7 Å². The predicted octanol–water partition coefficient (Wildman–Crippen LogP) is -0.245. The van der Waals surface area contributed by atoms with Crippen molar-refractivity contribution in [3.8, 4) is 0 Å². The number of nitrogens with one attached hydrogen (secondary N) is 1. The molecule has 2 amide bonds. The topological polar surface area (TPSA) is 84.7 Å². The molecule has 1 rings (SSSR count). The van der Waals surface area contributed by atoms with Gasteiger partial charge in [-0.1, -0.05) is 13.8 Å². The van der Waals surface area contributed by atoms with Crippen molar-refractivity contribution in [3.05, 3.63) is 0 Å². The first kappa shape index (κ1) is 18.1. The van der Waals surface area contributed by atoms with E-state index in [2.05, 4.69) is 5.32 Å². The third kappa shape index (κ3) is 5.34. The van der Waals surface area contributed by atoms with E-state index in [0.717, 1.165) is 6.42 Å². The summed E-state index contributed by atoms with van der Waals surface area (Å²) in [6.07, 6.45) is 0.822. The molecule has 0 saturated carbocycles. The zero-order chi connectivity index (χ0) is 13.7. The molecule has 1 heterocycles. The Kier molecular flexibility index (Phi) is 7.97. The lowest BCUT2D eigenvalue weighted by molar-refractivity contribution is -0.137. The number of methoxy groups -OCH3 is 1. The van der Waals surface area contributed by atoms with Crippen molar-refractivity contribution < 1.29 is 14.3 Å². The van der Waals surface area contributed by atoms with Crippen molar-refractivity contribution in [3.63, 3.8) is 0 Å². The molecular weight excluding hydrogens is 270 g/mol. The van der Waals surface area contributed by atoms with Crippen LogP contribution in [-0.2, 0) is 14.3 Å². The fourth-order valence-electron chi connectivity index (χ4n) is 2.04. The molecule has 1 aliphatic rings. The highest BCUT2D eigenvalue weighted by atomic mass is 35.5. The van der Waals surface area contributed by atoms with Gasteiger partial charge < -0.3 is 20.7 Å². The fraction of sp³-hybridized carbons (Fsp3) is 0.833. The summed E-state index contributed by atoms with van der Waals surface area (Å²) in [5.41, 5.74) is 5.79. The number of carbonyl (C=O) groups excluding carboxylic acids is 2. The van der Waals surface area contributed by atoms with Gasteiger partial charge in [0.15, 0.2) is 0 Å². The lowest BCUT2D eigenvalue weighted by Crippen LogP contribution is -2.51. The van der Waals surface area contributed by atoms with Gasteiger partial charge in [0.05, 0.1) is 0 Å². The average molecular weight is 294 g/mol. The van der Waals surface area contributed by atoms with Crippen LogP contribution < -0.4 is 11.1 Å². The smallest absolute Gasteiger partial charge is 0.246 e. The number of nitrogens with zero attached hydrogens (tertiary/aromatic N) is 1. The van der Waals surface area contributed by atoms with Gasteiger partial charge in [0.1, 0.15) is 12.6 Å². The Bertz CT molecular complexity index is 313. The van der Waals surface area contributed by atoms with Gasteiger partial charge in [0.2, 0.25) is 11.8 Å². The number of likely N-dealkylation sites (tertiary alicyclic amines) is 1. The fourth-order valence-corrected chi connectivity index (χ4v) is 2.04. The SMILES string of the molecule is COCC(=O)N[C@H](C(=O)N1CC[C@@H](N)C1)C(C)C.Cl. The maximum atomic E-state index is 12.3. The number of ether oxygens (including phenoxy) is 1. The molecule has 19 heavy (non-hydrogen) atoms. The van der Waals surface area contributed by atoms with Crippen molar-refractivity contribution in [2.75, 3.05) is 26.8 Å². The largest absolute Gasteiger partial charge is 0.375 e. The molecule has 0 aromatic heterocycles. The summed E-state index contributed by atoms with van der Waals surface area (Å²) in [4.78, 5) is 25.5. The van der Waals surface area contributed by atoms with Crippen LogP contribution in [0.25, 0.3) is 0 Å². The van der Waals surface area contributed by atoms with Crippen LogP contribution in [0.4, 0.5) is 0 Å². The highest BCUT2D eigenvalue weighted by Crippen LogP contribution is 2.12. The molecule has 0 spiro atoms. The Hall–Kier alpha value is -0.850. The van der Waals surface area contributed by atoms with Crippen molar-refractivity contribution >= 4 is 24.2 Å². The van der Waals surface area contributed by atoms with Crippen LogP contribution >= 0.6 is 12.4 Å². The standard InChI is InChI=1S/C12H23N3O3.ClH/c1-8(2)11(14-10(16)7-18-3)12(17)15-5-4-9(13)6-15;/h8-9,11H,4-7,13H2,1-3H3,(H,14,16);1H/t9-,11+;/m1./s1. The molecular formula is C12H24ClN3O3. The van der Waals surface area contributed by atoms with E-state index >= 15 is 0 Å². The first-order chi connectivity index (χ1) is 8.45. The van der Waals surface area contributed by atoms with E-state index in [1.165, 1.54) is 7.11 Å². The van der Waals surface area contributed by atoms with Crippen LogP contribution in [0.2, 0.25) is 0 Å². The van der Waals surface area contributed by atoms with Crippen LogP contribution in [0.3, 0.4) is 0 Å². The van der Waals surface area contributed by atoms with Gasteiger partial charge in [0, 0.05) is 26.2 Å². The van der Waals surface area contributed by atoms with E-state index in [-0.39, 0.29) is 42.8 Å². The molecule has 0 bridgehead atoms. The third-order valence-electron chi connectivity index (χ3n) is 3.06. The summed E-state index contributed by atoms with van der Waals surface area (Å²) in [7, 11) is 1.45. The van der Waals surface area contributed by atoms with Gasteiger partial charge in [-0.15, -0.1) is 12.4 Å². The summed E-state index contributed by atoms with van der Waals surface area (Å²) < 4.78 is 4.75. The van der Waals surface area contributed by atoms with Crippen molar-refractivity contribution in [2.45, 2.75) is 32.4 Å². The molecule has 0 aromatic rings. The van der Waals surface area contributed by atoms with Crippen LogP contribution in [-0.4, -0.2) is 55.6 Å². The maximum Gasteiger partial charge on any atom is 0.246 e. The maximum absolute atomic E-state index is 12.3. The van der Waals surface area contributed by atoms with Gasteiger partial charge in [0.25, 0.3) is 0 Å². The highest BCUT2D eigenvalue weighted by molar-refractivity contribution is 5.88. The van der Waals surface area contributed by atoms with Gasteiger partial charge in [-0.05, 0) is 12.3 Å². The second-order valence-electron chi connectivity index (χ2n) is 5.06. The van der Waals surface area contributed by atoms with Crippen molar-refractivity contribution in [1.82, 2.24) is 10.2 Å². The van der Waals surface area contributed by atoms with Gasteiger partial charge in [-0.3, -0.25) is 9.59 Å². The molecule has 1 fully saturated rings. The van der Waals surface area contributed by atoms with E-state index in [0.29, 0.717) is 13.1 Å². The zero-order valence-electron chi connectivity index (χ0n) is 11.7. The van der Waals surface area contributed by atoms with Gasteiger partial charge in [-0.2, -0.15) is 0 Å². The average Bonchev–Trinajstić information content (AvgIpc) is 2.72. The van der Waals surface area contributed by atoms with Gasteiger partial charge in [-0.25, -0.2) is 0 Å². The van der Waals surface area contributed by atoms with Crippen LogP contribution in [0.5, 0.6) is 0 Å². The molecule has 7 heteroatoms. The Balaban J connectivity index is 0.00000324. The van der Waals surface area contributed by atoms with E-state index in [1.807, 2.05) is 13.8 Å². The quantitative estimate of drug-likeness (QED) is 0.732. The molecule has 0 aliphatic carbocycles. The molecule has 3 N–H and O–H groups in total. The van der Waals surface area contributed by atoms with Crippen LogP contribution in [0.1, 0.15) is 20.3 Å². The Morgan fingerprint density at radius 2 is 2.11 bits per heavy atom. The normalized spacial score (nSPS) is 20.1. The molecule has 1 saturated heterocycles. The number of hydrogen-bond acceptors (Lipinski definition) is 4. The molecule has 1 aliphatic heterocycles. The summed E-state index contributed by atoms with van der Waals surface area (Å²) in [6, 6.07) is -0.450. The Morgan fingerprint density at radius 1 is 1.47 bits per heavy atom. The molecule has 6 nitrogen and oxygen atoms in total. The highest BCUT2D eigenvalue weighted by Gasteiger charge is 2.31. The number of rotatable bonds is 5. The summed E-state index contributed by atoms with van der Waals surface area (Å²) >= 11 is 0.